The number of halogens is 3. The van der Waals surface area contributed by atoms with E-state index in [1.807, 2.05) is 4.90 Å². The molecule has 26 heavy (non-hydrogen) atoms. The van der Waals surface area contributed by atoms with Crippen molar-refractivity contribution < 1.29 is 28.2 Å². The fourth-order valence-corrected chi connectivity index (χ4v) is 2.79. The van der Waals surface area contributed by atoms with Crippen LogP contribution in [0.2, 0.25) is 0 Å². The van der Waals surface area contributed by atoms with Gasteiger partial charge in [-0.15, -0.1) is 12.4 Å². The highest BCUT2D eigenvalue weighted by molar-refractivity contribution is 5.85. The highest BCUT2D eigenvalue weighted by Crippen LogP contribution is 2.18. The molecule has 1 aromatic carbocycles. The van der Waals surface area contributed by atoms with Crippen LogP contribution in [0.4, 0.5) is 8.78 Å². The van der Waals surface area contributed by atoms with Gasteiger partial charge in [0.25, 0.3) is 0 Å². The third-order valence-electron chi connectivity index (χ3n) is 4.29. The lowest BCUT2D eigenvalue weighted by Crippen LogP contribution is -2.43. The first-order valence-electron chi connectivity index (χ1n) is 8.08. The minimum atomic E-state index is -2.86. The molecule has 1 aliphatic rings. The van der Waals surface area contributed by atoms with E-state index in [1.165, 1.54) is 12.1 Å². The Morgan fingerprint density at radius 1 is 1.27 bits per heavy atom. The molecule has 0 atom stereocenters. The zero-order valence-corrected chi connectivity index (χ0v) is 15.3. The Balaban J connectivity index is 0.00000338. The van der Waals surface area contributed by atoms with Crippen molar-refractivity contribution in [2.45, 2.75) is 26.0 Å². The standard InChI is InChI=1S/C17H22F2N2O4.ClH/c1-20(10-12-2-4-14(5-3-12)25-17(18)19)15(22)11-21-8-6-13(7-9-21)16(23)24;/h2-5,13,17H,6-11H2,1H3,(H,23,24);1H. The number of likely N-dealkylation sites (tertiary alicyclic amines) is 1. The fraction of sp³-hybridized carbons (Fsp3) is 0.529. The van der Waals surface area contributed by atoms with Crippen molar-refractivity contribution in [3.63, 3.8) is 0 Å². The third-order valence-corrected chi connectivity index (χ3v) is 4.29. The van der Waals surface area contributed by atoms with Gasteiger partial charge in [0.05, 0.1) is 12.5 Å². The van der Waals surface area contributed by atoms with E-state index in [-0.39, 0.29) is 36.5 Å². The van der Waals surface area contributed by atoms with E-state index >= 15 is 0 Å². The van der Waals surface area contributed by atoms with E-state index in [2.05, 4.69) is 4.74 Å². The summed E-state index contributed by atoms with van der Waals surface area (Å²) in [4.78, 5) is 26.7. The number of carbonyl (C=O) groups is 2. The second kappa shape index (κ2) is 10.3. The first-order chi connectivity index (χ1) is 11.8. The van der Waals surface area contributed by atoms with E-state index < -0.39 is 12.6 Å². The number of hydrogen-bond acceptors (Lipinski definition) is 4. The summed E-state index contributed by atoms with van der Waals surface area (Å²) in [6.07, 6.45) is 1.11. The summed E-state index contributed by atoms with van der Waals surface area (Å²) in [5, 5.41) is 8.98. The number of piperidine rings is 1. The molecule has 1 fully saturated rings. The minimum absolute atomic E-state index is 0. The number of carbonyl (C=O) groups excluding carboxylic acids is 1. The third kappa shape index (κ3) is 6.76. The second-order valence-electron chi connectivity index (χ2n) is 6.16. The SMILES string of the molecule is CN(Cc1ccc(OC(F)F)cc1)C(=O)CN1CCC(C(=O)O)CC1.Cl. The molecule has 0 bridgehead atoms. The molecule has 1 N–H and O–H groups in total. The Hall–Kier alpha value is -1.93. The Morgan fingerprint density at radius 2 is 1.85 bits per heavy atom. The van der Waals surface area contributed by atoms with Gasteiger partial charge in [-0.3, -0.25) is 14.5 Å². The number of aliphatic carboxylic acids is 1. The number of nitrogens with zero attached hydrogens (tertiary/aromatic N) is 2. The molecule has 0 unspecified atom stereocenters. The number of carboxylic acid groups (broad SMARTS) is 1. The van der Waals surface area contributed by atoms with Crippen LogP contribution >= 0.6 is 12.4 Å². The predicted octanol–water partition coefficient (Wildman–Crippen LogP) is 2.46. The van der Waals surface area contributed by atoms with Gasteiger partial charge in [-0.25, -0.2) is 0 Å². The number of likely N-dealkylation sites (N-methyl/N-ethyl adjacent to an activating group) is 1. The second-order valence-corrected chi connectivity index (χ2v) is 6.16. The molecule has 2 rings (SSSR count). The van der Waals surface area contributed by atoms with Gasteiger partial charge in [0.2, 0.25) is 5.91 Å². The number of hydrogen-bond donors (Lipinski definition) is 1. The maximum atomic E-state index is 12.3. The van der Waals surface area contributed by atoms with E-state index in [4.69, 9.17) is 5.11 Å². The van der Waals surface area contributed by atoms with Crippen LogP contribution in [0.15, 0.2) is 24.3 Å². The lowest BCUT2D eigenvalue weighted by molar-refractivity contribution is -0.143. The van der Waals surface area contributed by atoms with Crippen LogP contribution in [0.25, 0.3) is 0 Å². The number of benzene rings is 1. The Bertz CT molecular complexity index is 593. The lowest BCUT2D eigenvalue weighted by Gasteiger charge is -2.30. The van der Waals surface area contributed by atoms with Crippen LogP contribution in [-0.4, -0.2) is 60.1 Å². The summed E-state index contributed by atoms with van der Waals surface area (Å²) in [6.45, 7) is -1.07. The van der Waals surface area contributed by atoms with Gasteiger partial charge < -0.3 is 14.7 Å². The van der Waals surface area contributed by atoms with Crippen LogP contribution < -0.4 is 4.74 Å². The van der Waals surface area contributed by atoms with Crippen molar-refractivity contribution in [1.82, 2.24) is 9.80 Å². The normalized spacial score (nSPS) is 15.4. The lowest BCUT2D eigenvalue weighted by atomic mass is 9.97. The number of rotatable bonds is 7. The highest BCUT2D eigenvalue weighted by atomic mass is 35.5. The molecular weight excluding hydrogens is 370 g/mol. The monoisotopic (exact) mass is 392 g/mol. The van der Waals surface area contributed by atoms with Crippen molar-refractivity contribution in [2.75, 3.05) is 26.7 Å². The average molecular weight is 393 g/mol. The molecule has 9 heteroatoms. The summed E-state index contributed by atoms with van der Waals surface area (Å²) in [7, 11) is 1.68. The average Bonchev–Trinajstić information content (AvgIpc) is 2.56. The van der Waals surface area contributed by atoms with E-state index in [9.17, 15) is 18.4 Å². The van der Waals surface area contributed by atoms with Gasteiger partial charge in [0, 0.05) is 13.6 Å². The van der Waals surface area contributed by atoms with Crippen LogP contribution in [-0.2, 0) is 16.1 Å². The van der Waals surface area contributed by atoms with Crippen LogP contribution in [0, 0.1) is 5.92 Å². The summed E-state index contributed by atoms with van der Waals surface area (Å²) in [5.41, 5.74) is 0.807. The fourth-order valence-electron chi connectivity index (χ4n) is 2.79. The molecule has 0 spiro atoms. The van der Waals surface area contributed by atoms with Crippen LogP contribution in [0.1, 0.15) is 18.4 Å². The number of alkyl halides is 2. The number of amides is 1. The van der Waals surface area contributed by atoms with Gasteiger partial charge in [0.1, 0.15) is 5.75 Å². The molecule has 1 aromatic rings. The van der Waals surface area contributed by atoms with E-state index in [1.54, 1.807) is 24.1 Å². The van der Waals surface area contributed by atoms with Gasteiger partial charge in [-0.05, 0) is 43.6 Å². The highest BCUT2D eigenvalue weighted by Gasteiger charge is 2.26. The molecule has 1 amide bonds. The smallest absolute Gasteiger partial charge is 0.387 e. The van der Waals surface area contributed by atoms with Crippen molar-refractivity contribution >= 4 is 24.3 Å². The number of carboxylic acids is 1. The molecule has 0 aliphatic carbocycles. The summed E-state index contributed by atoms with van der Waals surface area (Å²) in [5.74, 6) is -1.09. The zero-order chi connectivity index (χ0) is 18.4. The van der Waals surface area contributed by atoms with E-state index in [0.717, 1.165) is 5.56 Å². The molecule has 0 saturated carbocycles. The quantitative estimate of drug-likeness (QED) is 0.772. The Labute approximate surface area is 157 Å². The van der Waals surface area contributed by atoms with Gasteiger partial charge in [-0.1, -0.05) is 12.1 Å². The Kier molecular flexibility index (Phi) is 8.74. The van der Waals surface area contributed by atoms with Crippen LogP contribution in [0.5, 0.6) is 5.75 Å². The maximum Gasteiger partial charge on any atom is 0.387 e. The van der Waals surface area contributed by atoms with E-state index in [0.29, 0.717) is 32.5 Å². The zero-order valence-electron chi connectivity index (χ0n) is 14.4. The maximum absolute atomic E-state index is 12.3. The minimum Gasteiger partial charge on any atom is -0.481 e. The first-order valence-corrected chi connectivity index (χ1v) is 8.08. The van der Waals surface area contributed by atoms with Gasteiger partial charge in [-0.2, -0.15) is 8.78 Å². The van der Waals surface area contributed by atoms with Crippen molar-refractivity contribution in [3.8, 4) is 5.75 Å². The predicted molar refractivity (Wildman–Crippen MR) is 93.6 cm³/mol. The molecular formula is C17H23ClF2N2O4. The molecule has 0 radical (unpaired) electrons. The van der Waals surface area contributed by atoms with Crippen LogP contribution in [0.3, 0.4) is 0 Å². The summed E-state index contributed by atoms with van der Waals surface area (Å²) < 4.78 is 28.5. The molecule has 1 aliphatic heterocycles. The van der Waals surface area contributed by atoms with Gasteiger partial charge >= 0.3 is 12.6 Å². The van der Waals surface area contributed by atoms with Crippen molar-refractivity contribution in [2.24, 2.45) is 5.92 Å². The summed E-state index contributed by atoms with van der Waals surface area (Å²) in [6, 6.07) is 6.16. The molecule has 1 saturated heterocycles. The first kappa shape index (κ1) is 22.1. The molecule has 6 nitrogen and oxygen atoms in total. The largest absolute Gasteiger partial charge is 0.481 e. The summed E-state index contributed by atoms with van der Waals surface area (Å²) >= 11 is 0. The molecule has 0 aromatic heterocycles. The molecule has 1 heterocycles. The van der Waals surface area contributed by atoms with Crippen molar-refractivity contribution in [1.29, 1.82) is 0 Å². The van der Waals surface area contributed by atoms with Gasteiger partial charge in [0.15, 0.2) is 0 Å². The Morgan fingerprint density at radius 3 is 2.35 bits per heavy atom. The molecule has 146 valence electrons. The number of ether oxygens (including phenoxy) is 1. The topological polar surface area (TPSA) is 70.1 Å². The van der Waals surface area contributed by atoms with Crippen molar-refractivity contribution in [3.05, 3.63) is 29.8 Å².